The minimum atomic E-state index is -1.16. The Morgan fingerprint density at radius 3 is 2.27 bits per heavy atom. The Morgan fingerprint density at radius 2 is 1.73 bits per heavy atom. The summed E-state index contributed by atoms with van der Waals surface area (Å²) in [7, 11) is 0. The summed E-state index contributed by atoms with van der Waals surface area (Å²) in [5.74, 6) is -2.26. The highest BCUT2D eigenvalue weighted by atomic mass is 35.5. The Hall–Kier alpha value is -1.03. The molecule has 1 aromatic carbocycles. The molecule has 0 aliphatic rings. The van der Waals surface area contributed by atoms with Gasteiger partial charge in [0, 0.05) is 0 Å². The number of hydrogen-bond donors (Lipinski definition) is 2. The van der Waals surface area contributed by atoms with E-state index in [-0.39, 0.29) is 10.7 Å². The van der Waals surface area contributed by atoms with Crippen molar-refractivity contribution in [3.05, 3.63) is 22.7 Å². The molecule has 0 unspecified atom stereocenters. The molecule has 0 atom stereocenters. The Balaban J connectivity index is 3.46. The molecule has 0 spiro atoms. The summed E-state index contributed by atoms with van der Waals surface area (Å²) < 4.78 is 25.0. The smallest absolute Gasteiger partial charge is 0.183 e. The Morgan fingerprint density at radius 1 is 1.18 bits per heavy atom. The maximum absolute atomic E-state index is 12.5. The molecular weight excluding hydrogens is 174 g/mol. The highest BCUT2D eigenvalue weighted by Crippen LogP contribution is 2.29. The molecule has 1 aromatic rings. The first-order chi connectivity index (χ1) is 5.04. The lowest BCUT2D eigenvalue weighted by atomic mass is 10.2. The number of halogens is 3. The van der Waals surface area contributed by atoms with Crippen LogP contribution in [0, 0.1) is 11.6 Å². The number of nitrogens with two attached hydrogens (primary N) is 2. The summed E-state index contributed by atoms with van der Waals surface area (Å²) in [6.45, 7) is 0. The zero-order valence-electron chi connectivity index (χ0n) is 5.37. The Kier molecular flexibility index (Phi) is 1.87. The average molecular weight is 179 g/mol. The van der Waals surface area contributed by atoms with Crippen LogP contribution < -0.4 is 11.5 Å². The van der Waals surface area contributed by atoms with Crippen molar-refractivity contribution in [3.63, 3.8) is 0 Å². The molecule has 2 nitrogen and oxygen atoms in total. The minimum Gasteiger partial charge on any atom is -0.396 e. The molecule has 0 heterocycles. The first-order valence-corrected chi connectivity index (χ1v) is 3.10. The van der Waals surface area contributed by atoms with Crippen molar-refractivity contribution >= 4 is 23.0 Å². The van der Waals surface area contributed by atoms with Crippen molar-refractivity contribution in [2.24, 2.45) is 0 Å². The van der Waals surface area contributed by atoms with E-state index in [2.05, 4.69) is 0 Å². The van der Waals surface area contributed by atoms with E-state index in [9.17, 15) is 8.78 Å². The summed E-state index contributed by atoms with van der Waals surface area (Å²) in [6.07, 6.45) is 0. The molecule has 1 rings (SSSR count). The molecule has 0 amide bonds. The quantitative estimate of drug-likeness (QED) is 0.470. The number of rotatable bonds is 0. The molecule has 0 bridgehead atoms. The van der Waals surface area contributed by atoms with Gasteiger partial charge in [-0.3, -0.25) is 0 Å². The standard InChI is InChI=1S/C6H5ClF2N2/c7-2-1-3(8)4(9)6(11)5(2)10/h1H,10-11H2. The van der Waals surface area contributed by atoms with Gasteiger partial charge in [0.1, 0.15) is 0 Å². The molecule has 0 saturated heterocycles. The third-order valence-electron chi connectivity index (χ3n) is 1.25. The van der Waals surface area contributed by atoms with Crippen LogP contribution in [-0.2, 0) is 0 Å². The van der Waals surface area contributed by atoms with Gasteiger partial charge in [-0.15, -0.1) is 0 Å². The van der Waals surface area contributed by atoms with Crippen LogP contribution in [0.1, 0.15) is 0 Å². The van der Waals surface area contributed by atoms with Gasteiger partial charge in [0.2, 0.25) is 0 Å². The lowest BCUT2D eigenvalue weighted by molar-refractivity contribution is 0.512. The fourth-order valence-electron chi connectivity index (χ4n) is 0.628. The van der Waals surface area contributed by atoms with Crippen molar-refractivity contribution in [1.82, 2.24) is 0 Å². The molecule has 5 heteroatoms. The second kappa shape index (κ2) is 2.54. The van der Waals surface area contributed by atoms with Gasteiger partial charge in [-0.2, -0.15) is 0 Å². The highest BCUT2D eigenvalue weighted by Gasteiger charge is 2.11. The van der Waals surface area contributed by atoms with Crippen LogP contribution in [0.4, 0.5) is 20.2 Å². The number of benzene rings is 1. The van der Waals surface area contributed by atoms with Gasteiger partial charge >= 0.3 is 0 Å². The van der Waals surface area contributed by atoms with Gasteiger partial charge in [-0.05, 0) is 6.07 Å². The van der Waals surface area contributed by atoms with Crippen LogP contribution in [-0.4, -0.2) is 0 Å². The van der Waals surface area contributed by atoms with Crippen molar-refractivity contribution in [3.8, 4) is 0 Å². The van der Waals surface area contributed by atoms with E-state index in [0.717, 1.165) is 6.07 Å². The average Bonchev–Trinajstić information content (AvgIpc) is 1.97. The van der Waals surface area contributed by atoms with E-state index in [0.29, 0.717) is 0 Å². The molecule has 0 radical (unpaired) electrons. The van der Waals surface area contributed by atoms with E-state index >= 15 is 0 Å². The summed E-state index contributed by atoms with van der Waals surface area (Å²) in [5.41, 5.74) is 9.66. The highest BCUT2D eigenvalue weighted by molar-refractivity contribution is 6.33. The summed E-state index contributed by atoms with van der Waals surface area (Å²) in [4.78, 5) is 0. The first-order valence-electron chi connectivity index (χ1n) is 2.72. The number of hydrogen-bond acceptors (Lipinski definition) is 2. The molecule has 0 aromatic heterocycles. The van der Waals surface area contributed by atoms with Crippen LogP contribution in [0.15, 0.2) is 6.07 Å². The third-order valence-corrected chi connectivity index (χ3v) is 1.56. The van der Waals surface area contributed by atoms with Gasteiger partial charge in [-0.25, -0.2) is 8.78 Å². The first kappa shape index (κ1) is 8.07. The van der Waals surface area contributed by atoms with E-state index in [1.807, 2.05) is 0 Å². The maximum atomic E-state index is 12.5. The van der Waals surface area contributed by atoms with E-state index in [1.54, 1.807) is 0 Å². The van der Waals surface area contributed by atoms with Crippen molar-refractivity contribution in [2.45, 2.75) is 0 Å². The second-order valence-corrected chi connectivity index (χ2v) is 2.39. The molecule has 0 fully saturated rings. The normalized spacial score (nSPS) is 10.1. The molecule has 0 aliphatic carbocycles. The topological polar surface area (TPSA) is 52.0 Å². The molecule has 60 valence electrons. The summed E-state index contributed by atoms with van der Waals surface area (Å²) >= 11 is 5.38. The predicted octanol–water partition coefficient (Wildman–Crippen LogP) is 1.78. The predicted molar refractivity (Wildman–Crippen MR) is 40.2 cm³/mol. The van der Waals surface area contributed by atoms with Gasteiger partial charge < -0.3 is 11.5 Å². The monoisotopic (exact) mass is 178 g/mol. The lowest BCUT2D eigenvalue weighted by Gasteiger charge is -2.03. The molecule has 11 heavy (non-hydrogen) atoms. The number of anilines is 2. The van der Waals surface area contributed by atoms with Crippen molar-refractivity contribution in [1.29, 1.82) is 0 Å². The van der Waals surface area contributed by atoms with Crippen molar-refractivity contribution in [2.75, 3.05) is 11.5 Å². The SMILES string of the molecule is Nc1c(Cl)cc(F)c(F)c1N. The largest absolute Gasteiger partial charge is 0.396 e. The van der Waals surface area contributed by atoms with Gasteiger partial charge in [0.05, 0.1) is 16.4 Å². The fourth-order valence-corrected chi connectivity index (χ4v) is 0.826. The van der Waals surface area contributed by atoms with Crippen LogP contribution in [0.3, 0.4) is 0 Å². The lowest BCUT2D eigenvalue weighted by Crippen LogP contribution is -2.01. The van der Waals surface area contributed by atoms with Gasteiger partial charge in [0.25, 0.3) is 0 Å². The molecule has 4 N–H and O–H groups in total. The minimum absolute atomic E-state index is 0.0820. The van der Waals surface area contributed by atoms with Crippen molar-refractivity contribution < 1.29 is 8.78 Å². The van der Waals surface area contributed by atoms with E-state index in [4.69, 9.17) is 23.1 Å². The second-order valence-electron chi connectivity index (χ2n) is 1.98. The van der Waals surface area contributed by atoms with Crippen LogP contribution >= 0.6 is 11.6 Å². The van der Waals surface area contributed by atoms with Gasteiger partial charge in [-0.1, -0.05) is 11.6 Å². The summed E-state index contributed by atoms with van der Waals surface area (Å²) in [6, 6.07) is 0.780. The molecular formula is C6H5ClF2N2. The van der Waals surface area contributed by atoms with Crippen LogP contribution in [0.5, 0.6) is 0 Å². The van der Waals surface area contributed by atoms with Gasteiger partial charge in [0.15, 0.2) is 11.6 Å². The fraction of sp³-hybridized carbons (Fsp3) is 0. The Bertz CT molecular complexity index is 275. The van der Waals surface area contributed by atoms with Crippen LogP contribution in [0.2, 0.25) is 5.02 Å². The Labute approximate surface area is 66.7 Å². The summed E-state index contributed by atoms with van der Waals surface area (Å²) in [5, 5.41) is -0.0820. The molecule has 0 saturated carbocycles. The van der Waals surface area contributed by atoms with E-state index in [1.165, 1.54) is 0 Å². The third kappa shape index (κ3) is 1.21. The van der Waals surface area contributed by atoms with E-state index < -0.39 is 17.3 Å². The zero-order valence-corrected chi connectivity index (χ0v) is 6.12. The van der Waals surface area contributed by atoms with Crippen LogP contribution in [0.25, 0.3) is 0 Å². The molecule has 0 aliphatic heterocycles. The zero-order chi connectivity index (χ0) is 8.59. The number of nitrogen functional groups attached to an aromatic ring is 2. The maximum Gasteiger partial charge on any atom is 0.183 e.